The SMILES string of the molecule is CC(C)C(N)CC1CCN(Cc2ccc(C(C)(C)C)cc2)CC1. The molecule has 0 saturated carbocycles. The van der Waals surface area contributed by atoms with Crippen LogP contribution in [-0.4, -0.2) is 24.0 Å². The van der Waals surface area contributed by atoms with E-state index >= 15 is 0 Å². The minimum atomic E-state index is 0.242. The summed E-state index contributed by atoms with van der Waals surface area (Å²) in [6, 6.07) is 9.58. The van der Waals surface area contributed by atoms with Crippen molar-refractivity contribution in [1.82, 2.24) is 4.90 Å². The molecule has 1 aromatic carbocycles. The van der Waals surface area contributed by atoms with Crippen LogP contribution in [0.25, 0.3) is 0 Å². The van der Waals surface area contributed by atoms with Crippen LogP contribution in [0, 0.1) is 11.8 Å². The van der Waals surface area contributed by atoms with Crippen LogP contribution in [0.15, 0.2) is 24.3 Å². The maximum absolute atomic E-state index is 6.24. The predicted molar refractivity (Wildman–Crippen MR) is 101 cm³/mol. The van der Waals surface area contributed by atoms with Gasteiger partial charge in [0.05, 0.1) is 0 Å². The maximum Gasteiger partial charge on any atom is 0.0233 e. The Hall–Kier alpha value is -0.860. The first-order chi connectivity index (χ1) is 10.8. The van der Waals surface area contributed by atoms with Crippen molar-refractivity contribution >= 4 is 0 Å². The third-order valence-corrected chi connectivity index (χ3v) is 5.40. The highest BCUT2D eigenvalue weighted by Crippen LogP contribution is 2.26. The Labute approximate surface area is 143 Å². The highest BCUT2D eigenvalue weighted by Gasteiger charge is 2.22. The van der Waals surface area contributed by atoms with Crippen molar-refractivity contribution in [1.29, 1.82) is 0 Å². The maximum atomic E-state index is 6.24. The number of rotatable bonds is 5. The molecule has 1 unspecified atom stereocenters. The lowest BCUT2D eigenvalue weighted by molar-refractivity contribution is 0.163. The van der Waals surface area contributed by atoms with Crippen molar-refractivity contribution in [2.45, 2.75) is 71.9 Å². The predicted octanol–water partition coefficient (Wildman–Crippen LogP) is 4.57. The van der Waals surface area contributed by atoms with Gasteiger partial charge >= 0.3 is 0 Å². The van der Waals surface area contributed by atoms with Crippen LogP contribution in [0.1, 0.15) is 65.0 Å². The lowest BCUT2D eigenvalue weighted by atomic mass is 9.86. The largest absolute Gasteiger partial charge is 0.327 e. The second-order valence-corrected chi connectivity index (χ2v) is 8.81. The Balaban J connectivity index is 1.80. The van der Waals surface area contributed by atoms with Crippen molar-refractivity contribution in [2.24, 2.45) is 17.6 Å². The standard InChI is InChI=1S/C21H36N2/c1-16(2)20(22)14-17-10-12-23(13-11-17)15-18-6-8-19(9-7-18)21(3,4)5/h6-9,16-17,20H,10-15,22H2,1-5H3. The molecule has 2 N–H and O–H groups in total. The number of hydrogen-bond acceptors (Lipinski definition) is 2. The molecule has 0 radical (unpaired) electrons. The zero-order chi connectivity index (χ0) is 17.0. The van der Waals surface area contributed by atoms with E-state index in [-0.39, 0.29) is 5.41 Å². The van der Waals surface area contributed by atoms with Crippen LogP contribution in [0.2, 0.25) is 0 Å². The molecule has 0 aliphatic carbocycles. The average molecular weight is 317 g/mol. The Kier molecular flexibility index (Phi) is 6.27. The zero-order valence-corrected chi connectivity index (χ0v) is 15.8. The van der Waals surface area contributed by atoms with E-state index < -0.39 is 0 Å². The van der Waals surface area contributed by atoms with Gasteiger partial charge in [0.15, 0.2) is 0 Å². The van der Waals surface area contributed by atoms with Crippen LogP contribution in [0.5, 0.6) is 0 Å². The molecule has 1 saturated heterocycles. The first-order valence-corrected chi connectivity index (χ1v) is 9.33. The average Bonchev–Trinajstić information content (AvgIpc) is 2.49. The van der Waals surface area contributed by atoms with Gasteiger partial charge in [-0.1, -0.05) is 58.9 Å². The molecule has 0 aromatic heterocycles. The molecule has 1 aromatic rings. The van der Waals surface area contributed by atoms with E-state index in [2.05, 4.69) is 63.8 Å². The monoisotopic (exact) mass is 316 g/mol. The smallest absolute Gasteiger partial charge is 0.0233 e. The normalized spacial score (nSPS) is 19.3. The third kappa shape index (κ3) is 5.61. The zero-order valence-electron chi connectivity index (χ0n) is 15.8. The molecular formula is C21H36N2. The van der Waals surface area contributed by atoms with Crippen LogP contribution < -0.4 is 5.73 Å². The van der Waals surface area contributed by atoms with E-state index in [1.807, 2.05) is 0 Å². The summed E-state index contributed by atoms with van der Waals surface area (Å²) in [7, 11) is 0. The summed E-state index contributed by atoms with van der Waals surface area (Å²) >= 11 is 0. The van der Waals surface area contributed by atoms with Gasteiger partial charge in [0.25, 0.3) is 0 Å². The van der Waals surface area contributed by atoms with Gasteiger partial charge < -0.3 is 5.73 Å². The molecule has 2 heteroatoms. The Morgan fingerprint density at radius 2 is 1.65 bits per heavy atom. The Bertz CT molecular complexity index is 462. The van der Waals surface area contributed by atoms with Gasteiger partial charge in [0.2, 0.25) is 0 Å². The summed E-state index contributed by atoms with van der Waals surface area (Å²) in [6.45, 7) is 14.8. The second-order valence-electron chi connectivity index (χ2n) is 8.81. The highest BCUT2D eigenvalue weighted by molar-refractivity contribution is 5.27. The van der Waals surface area contributed by atoms with E-state index in [0.717, 1.165) is 12.5 Å². The lowest BCUT2D eigenvalue weighted by Crippen LogP contribution is -2.37. The van der Waals surface area contributed by atoms with Crippen LogP contribution in [0.4, 0.5) is 0 Å². The van der Waals surface area contributed by atoms with Gasteiger partial charge in [0, 0.05) is 12.6 Å². The molecule has 0 bridgehead atoms. The molecule has 2 nitrogen and oxygen atoms in total. The molecule has 1 atom stereocenters. The highest BCUT2D eigenvalue weighted by atomic mass is 15.1. The van der Waals surface area contributed by atoms with E-state index in [0.29, 0.717) is 12.0 Å². The molecular weight excluding hydrogens is 280 g/mol. The van der Waals surface area contributed by atoms with E-state index in [9.17, 15) is 0 Å². The lowest BCUT2D eigenvalue weighted by Gasteiger charge is -2.33. The van der Waals surface area contributed by atoms with Gasteiger partial charge in [-0.2, -0.15) is 0 Å². The van der Waals surface area contributed by atoms with Crippen LogP contribution in [0.3, 0.4) is 0 Å². The van der Waals surface area contributed by atoms with Gasteiger partial charge in [-0.25, -0.2) is 0 Å². The molecule has 1 heterocycles. The van der Waals surface area contributed by atoms with Crippen LogP contribution >= 0.6 is 0 Å². The number of likely N-dealkylation sites (tertiary alicyclic amines) is 1. The summed E-state index contributed by atoms with van der Waals surface area (Å²) in [4.78, 5) is 2.60. The fourth-order valence-electron chi connectivity index (χ4n) is 3.41. The molecule has 130 valence electrons. The number of nitrogens with two attached hydrogens (primary N) is 1. The van der Waals surface area contributed by atoms with Crippen LogP contribution in [-0.2, 0) is 12.0 Å². The topological polar surface area (TPSA) is 29.3 Å². The van der Waals surface area contributed by atoms with E-state index in [1.54, 1.807) is 0 Å². The molecule has 23 heavy (non-hydrogen) atoms. The first-order valence-electron chi connectivity index (χ1n) is 9.33. The van der Waals surface area contributed by atoms with Crippen molar-refractivity contribution in [2.75, 3.05) is 13.1 Å². The minimum Gasteiger partial charge on any atom is -0.327 e. The molecule has 0 spiro atoms. The fraction of sp³-hybridized carbons (Fsp3) is 0.714. The summed E-state index contributed by atoms with van der Waals surface area (Å²) in [5.41, 5.74) is 9.34. The molecule has 2 rings (SSSR count). The summed E-state index contributed by atoms with van der Waals surface area (Å²) in [5, 5.41) is 0. The quantitative estimate of drug-likeness (QED) is 0.862. The summed E-state index contributed by atoms with van der Waals surface area (Å²) in [6.07, 6.45) is 3.81. The number of nitrogens with zero attached hydrogens (tertiary/aromatic N) is 1. The number of piperidine rings is 1. The molecule has 1 fully saturated rings. The first kappa shape index (κ1) is 18.5. The Morgan fingerprint density at radius 3 is 2.13 bits per heavy atom. The third-order valence-electron chi connectivity index (χ3n) is 5.40. The summed E-state index contributed by atoms with van der Waals surface area (Å²) in [5.74, 6) is 1.43. The number of benzene rings is 1. The van der Waals surface area contributed by atoms with E-state index in [1.165, 1.54) is 43.5 Å². The van der Waals surface area contributed by atoms with Gasteiger partial charge in [0.1, 0.15) is 0 Å². The van der Waals surface area contributed by atoms with Gasteiger partial charge in [-0.15, -0.1) is 0 Å². The van der Waals surface area contributed by atoms with Gasteiger partial charge in [-0.05, 0) is 60.7 Å². The second kappa shape index (κ2) is 7.81. The Morgan fingerprint density at radius 1 is 1.09 bits per heavy atom. The summed E-state index contributed by atoms with van der Waals surface area (Å²) < 4.78 is 0. The fourth-order valence-corrected chi connectivity index (χ4v) is 3.41. The number of hydrogen-bond donors (Lipinski definition) is 1. The van der Waals surface area contributed by atoms with E-state index in [4.69, 9.17) is 5.73 Å². The minimum absolute atomic E-state index is 0.242. The molecule has 0 amide bonds. The van der Waals surface area contributed by atoms with Gasteiger partial charge in [-0.3, -0.25) is 4.90 Å². The molecule has 1 aliphatic heterocycles. The molecule has 1 aliphatic rings. The van der Waals surface area contributed by atoms with Crippen molar-refractivity contribution in [3.8, 4) is 0 Å². The van der Waals surface area contributed by atoms with Crippen molar-refractivity contribution in [3.63, 3.8) is 0 Å². The van der Waals surface area contributed by atoms with Crippen molar-refractivity contribution in [3.05, 3.63) is 35.4 Å². The van der Waals surface area contributed by atoms with Crippen molar-refractivity contribution < 1.29 is 0 Å².